The highest BCUT2D eigenvalue weighted by atomic mass is 15.3. The molecule has 0 spiro atoms. The first kappa shape index (κ1) is 11.0. The number of nitrogens with zero attached hydrogens (tertiary/aromatic N) is 3. The Bertz CT molecular complexity index is 130. The van der Waals surface area contributed by atoms with Gasteiger partial charge in [0.2, 0.25) is 0 Å². The predicted octanol–water partition coefficient (Wildman–Crippen LogP) is 0.186. The van der Waals surface area contributed by atoms with Crippen molar-refractivity contribution in [2.75, 3.05) is 59.9 Å². The molecule has 1 rings (SSSR count). The second kappa shape index (κ2) is 5.58. The molecule has 0 amide bonds. The molecule has 0 atom stereocenters. The Kier molecular flexibility index (Phi) is 4.70. The molecule has 0 radical (unpaired) electrons. The molecule has 78 valence electrons. The van der Waals surface area contributed by atoms with Crippen LogP contribution in [0.3, 0.4) is 0 Å². The average molecular weight is 185 g/mol. The van der Waals surface area contributed by atoms with E-state index in [2.05, 4.69) is 35.7 Å². The number of hydrogen-bond acceptors (Lipinski definition) is 3. The molecule has 3 heteroatoms. The Balaban J connectivity index is 2.08. The van der Waals surface area contributed by atoms with E-state index in [0.29, 0.717) is 0 Å². The van der Waals surface area contributed by atoms with Crippen molar-refractivity contribution in [2.24, 2.45) is 0 Å². The van der Waals surface area contributed by atoms with Crippen LogP contribution in [0.2, 0.25) is 0 Å². The van der Waals surface area contributed by atoms with Crippen LogP contribution in [0, 0.1) is 0 Å². The van der Waals surface area contributed by atoms with Crippen LogP contribution in [-0.4, -0.2) is 74.6 Å². The molecule has 1 aliphatic rings. The van der Waals surface area contributed by atoms with Crippen LogP contribution in [0.1, 0.15) is 6.92 Å². The van der Waals surface area contributed by atoms with Crippen LogP contribution < -0.4 is 0 Å². The van der Waals surface area contributed by atoms with Crippen molar-refractivity contribution in [3.05, 3.63) is 0 Å². The van der Waals surface area contributed by atoms with Gasteiger partial charge in [-0.3, -0.25) is 4.90 Å². The summed E-state index contributed by atoms with van der Waals surface area (Å²) in [4.78, 5) is 7.34. The SMILES string of the molecule is CCN(C)CCN1CCN(C)CC1. The van der Waals surface area contributed by atoms with Crippen molar-refractivity contribution in [3.63, 3.8) is 0 Å². The lowest BCUT2D eigenvalue weighted by molar-refractivity contribution is 0.142. The van der Waals surface area contributed by atoms with E-state index < -0.39 is 0 Å². The first-order valence-electron chi connectivity index (χ1n) is 5.32. The van der Waals surface area contributed by atoms with E-state index >= 15 is 0 Å². The normalized spacial score (nSPS) is 21.2. The number of likely N-dealkylation sites (N-methyl/N-ethyl adjacent to an activating group) is 2. The van der Waals surface area contributed by atoms with Gasteiger partial charge < -0.3 is 9.80 Å². The molecule has 0 aromatic rings. The summed E-state index contributed by atoms with van der Waals surface area (Å²) >= 11 is 0. The van der Waals surface area contributed by atoms with Gasteiger partial charge in [-0.05, 0) is 20.6 Å². The molecule has 3 nitrogen and oxygen atoms in total. The van der Waals surface area contributed by atoms with Crippen LogP contribution in [0.25, 0.3) is 0 Å². The lowest BCUT2D eigenvalue weighted by atomic mass is 10.3. The summed E-state index contributed by atoms with van der Waals surface area (Å²) in [5.41, 5.74) is 0. The maximum Gasteiger partial charge on any atom is 0.0110 e. The van der Waals surface area contributed by atoms with E-state index in [4.69, 9.17) is 0 Å². The Labute approximate surface area is 82.3 Å². The molecule has 1 aliphatic heterocycles. The summed E-state index contributed by atoms with van der Waals surface area (Å²) in [6, 6.07) is 0. The second-order valence-electron chi connectivity index (χ2n) is 4.04. The van der Waals surface area contributed by atoms with Gasteiger partial charge in [-0.15, -0.1) is 0 Å². The van der Waals surface area contributed by atoms with E-state index in [0.717, 1.165) is 6.54 Å². The standard InChI is InChI=1S/C10H23N3/c1-4-11(2)5-8-13-9-6-12(3)7-10-13/h4-10H2,1-3H3. The Morgan fingerprint density at radius 2 is 1.77 bits per heavy atom. The highest BCUT2D eigenvalue weighted by molar-refractivity contribution is 4.69. The first-order valence-corrected chi connectivity index (χ1v) is 5.32. The van der Waals surface area contributed by atoms with Crippen molar-refractivity contribution in [2.45, 2.75) is 6.92 Å². The molecule has 13 heavy (non-hydrogen) atoms. The first-order chi connectivity index (χ1) is 6.22. The lowest BCUT2D eigenvalue weighted by Gasteiger charge is -2.33. The van der Waals surface area contributed by atoms with Crippen LogP contribution in [-0.2, 0) is 0 Å². The zero-order chi connectivity index (χ0) is 9.68. The minimum atomic E-state index is 1.16. The lowest BCUT2D eigenvalue weighted by Crippen LogP contribution is -2.46. The summed E-state index contributed by atoms with van der Waals surface area (Å²) in [6.45, 7) is 10.8. The zero-order valence-electron chi connectivity index (χ0n) is 9.29. The second-order valence-corrected chi connectivity index (χ2v) is 4.04. The van der Waals surface area contributed by atoms with E-state index in [1.165, 1.54) is 39.3 Å². The van der Waals surface area contributed by atoms with Crippen molar-refractivity contribution in [1.82, 2.24) is 14.7 Å². The van der Waals surface area contributed by atoms with E-state index in [-0.39, 0.29) is 0 Å². The molecule has 0 saturated carbocycles. The molecule has 0 aliphatic carbocycles. The van der Waals surface area contributed by atoms with Crippen LogP contribution >= 0.6 is 0 Å². The molecule has 1 saturated heterocycles. The van der Waals surface area contributed by atoms with Gasteiger partial charge in [0.05, 0.1) is 0 Å². The van der Waals surface area contributed by atoms with E-state index in [1.807, 2.05) is 0 Å². The third kappa shape index (κ3) is 4.07. The molecule has 0 aromatic carbocycles. The van der Waals surface area contributed by atoms with Crippen molar-refractivity contribution < 1.29 is 0 Å². The van der Waals surface area contributed by atoms with Gasteiger partial charge in [0.15, 0.2) is 0 Å². The fourth-order valence-electron chi connectivity index (χ4n) is 1.54. The van der Waals surface area contributed by atoms with E-state index in [9.17, 15) is 0 Å². The van der Waals surface area contributed by atoms with Crippen LogP contribution in [0.5, 0.6) is 0 Å². The van der Waals surface area contributed by atoms with Gasteiger partial charge in [0.25, 0.3) is 0 Å². The fourth-order valence-corrected chi connectivity index (χ4v) is 1.54. The predicted molar refractivity (Wildman–Crippen MR) is 57.1 cm³/mol. The summed E-state index contributed by atoms with van der Waals surface area (Å²) < 4.78 is 0. The maximum absolute atomic E-state index is 2.56. The number of hydrogen-bond donors (Lipinski definition) is 0. The summed E-state index contributed by atoms with van der Waals surface area (Å²) in [7, 11) is 4.39. The summed E-state index contributed by atoms with van der Waals surface area (Å²) in [5.74, 6) is 0. The Morgan fingerprint density at radius 3 is 2.31 bits per heavy atom. The zero-order valence-corrected chi connectivity index (χ0v) is 9.29. The topological polar surface area (TPSA) is 9.72 Å². The molecule has 1 fully saturated rings. The van der Waals surface area contributed by atoms with Gasteiger partial charge in [0, 0.05) is 39.3 Å². The molecule has 0 N–H and O–H groups in total. The molecule has 0 bridgehead atoms. The summed E-state index contributed by atoms with van der Waals surface area (Å²) in [5, 5.41) is 0. The van der Waals surface area contributed by atoms with Crippen LogP contribution in [0.15, 0.2) is 0 Å². The van der Waals surface area contributed by atoms with Gasteiger partial charge in [-0.2, -0.15) is 0 Å². The third-order valence-electron chi connectivity index (χ3n) is 2.93. The van der Waals surface area contributed by atoms with Gasteiger partial charge in [0.1, 0.15) is 0 Å². The highest BCUT2D eigenvalue weighted by Crippen LogP contribution is 1.98. The number of piperazine rings is 1. The minimum Gasteiger partial charge on any atom is -0.305 e. The van der Waals surface area contributed by atoms with E-state index in [1.54, 1.807) is 0 Å². The quantitative estimate of drug-likeness (QED) is 0.619. The van der Waals surface area contributed by atoms with Gasteiger partial charge >= 0.3 is 0 Å². The molecule has 1 heterocycles. The van der Waals surface area contributed by atoms with Crippen molar-refractivity contribution >= 4 is 0 Å². The highest BCUT2D eigenvalue weighted by Gasteiger charge is 2.13. The Hall–Kier alpha value is -0.120. The average Bonchev–Trinajstić information content (AvgIpc) is 2.16. The van der Waals surface area contributed by atoms with Crippen molar-refractivity contribution in [3.8, 4) is 0 Å². The third-order valence-corrected chi connectivity index (χ3v) is 2.93. The molecular formula is C10H23N3. The Morgan fingerprint density at radius 1 is 1.15 bits per heavy atom. The molecule has 0 unspecified atom stereocenters. The van der Waals surface area contributed by atoms with Gasteiger partial charge in [-0.25, -0.2) is 0 Å². The molecule has 0 aromatic heterocycles. The summed E-state index contributed by atoms with van der Waals surface area (Å²) in [6.07, 6.45) is 0. The monoisotopic (exact) mass is 185 g/mol. The number of rotatable bonds is 4. The van der Waals surface area contributed by atoms with Crippen molar-refractivity contribution in [1.29, 1.82) is 0 Å². The molecular weight excluding hydrogens is 162 g/mol. The fraction of sp³-hybridized carbons (Fsp3) is 1.00. The maximum atomic E-state index is 2.56. The minimum absolute atomic E-state index is 1.16. The smallest absolute Gasteiger partial charge is 0.0110 e. The largest absolute Gasteiger partial charge is 0.305 e. The van der Waals surface area contributed by atoms with Gasteiger partial charge in [-0.1, -0.05) is 6.92 Å². The van der Waals surface area contributed by atoms with Crippen LogP contribution in [0.4, 0.5) is 0 Å².